The third-order valence-corrected chi connectivity index (χ3v) is 6.01. The molecule has 2 unspecified atom stereocenters. The number of likely N-dealkylation sites (N-methyl/N-ethyl adjacent to an activating group) is 1. The minimum absolute atomic E-state index is 0.0466. The van der Waals surface area contributed by atoms with E-state index in [1.807, 2.05) is 0 Å². The van der Waals surface area contributed by atoms with Crippen molar-refractivity contribution in [1.29, 1.82) is 0 Å². The lowest BCUT2D eigenvalue weighted by atomic mass is 10.1. The van der Waals surface area contributed by atoms with Gasteiger partial charge in [-0.05, 0) is 31.5 Å². The van der Waals surface area contributed by atoms with E-state index < -0.39 is 15.8 Å². The number of benzene rings is 1. The van der Waals surface area contributed by atoms with Crippen LogP contribution in [0, 0.1) is 11.7 Å². The van der Waals surface area contributed by atoms with Crippen LogP contribution in [0.5, 0.6) is 5.75 Å². The Morgan fingerprint density at radius 1 is 1.52 bits per heavy atom. The van der Waals surface area contributed by atoms with Gasteiger partial charge in [0.25, 0.3) is 0 Å². The first-order chi connectivity index (χ1) is 10.9. The smallest absolute Gasteiger partial charge is 0.243 e. The van der Waals surface area contributed by atoms with Crippen LogP contribution in [0.3, 0.4) is 0 Å². The standard InChI is InChI=1S/C15H23FN2O4S/c1-11(8-17)18(2)23(19,20)13-3-4-15(14(16)7-13)22-10-12-5-6-21-9-12/h3-4,7,11-12H,5-6,8-10,17H2,1-2H3. The molecule has 0 amide bonds. The number of halogens is 1. The van der Waals surface area contributed by atoms with Crippen LogP contribution in [-0.4, -0.2) is 52.2 Å². The van der Waals surface area contributed by atoms with E-state index in [-0.39, 0.29) is 29.1 Å². The molecule has 2 rings (SSSR count). The summed E-state index contributed by atoms with van der Waals surface area (Å²) in [6, 6.07) is 3.30. The molecule has 0 radical (unpaired) electrons. The van der Waals surface area contributed by atoms with Gasteiger partial charge in [0.15, 0.2) is 11.6 Å². The Kier molecular flexibility index (Phi) is 5.96. The van der Waals surface area contributed by atoms with E-state index in [0.29, 0.717) is 19.8 Å². The van der Waals surface area contributed by atoms with Gasteiger partial charge >= 0.3 is 0 Å². The average Bonchev–Trinajstić information content (AvgIpc) is 3.05. The van der Waals surface area contributed by atoms with Gasteiger partial charge in [-0.2, -0.15) is 4.31 Å². The fourth-order valence-electron chi connectivity index (χ4n) is 2.23. The van der Waals surface area contributed by atoms with E-state index >= 15 is 0 Å². The Morgan fingerprint density at radius 2 is 2.26 bits per heavy atom. The molecule has 1 aliphatic heterocycles. The van der Waals surface area contributed by atoms with Crippen LogP contribution in [0.15, 0.2) is 23.1 Å². The average molecular weight is 346 g/mol. The lowest BCUT2D eigenvalue weighted by molar-refractivity contribution is 0.165. The Labute approximate surface area is 136 Å². The second-order valence-electron chi connectivity index (χ2n) is 5.74. The number of nitrogens with zero attached hydrogens (tertiary/aromatic N) is 1. The van der Waals surface area contributed by atoms with Gasteiger partial charge in [0.2, 0.25) is 10.0 Å². The van der Waals surface area contributed by atoms with Crippen molar-refractivity contribution < 1.29 is 22.3 Å². The number of ether oxygens (including phenoxy) is 2. The number of hydrogen-bond donors (Lipinski definition) is 1. The second-order valence-corrected chi connectivity index (χ2v) is 7.74. The summed E-state index contributed by atoms with van der Waals surface area (Å²) in [5.41, 5.74) is 5.49. The Morgan fingerprint density at radius 3 is 2.83 bits per heavy atom. The fourth-order valence-corrected chi connectivity index (χ4v) is 3.62. The first kappa shape index (κ1) is 18.1. The summed E-state index contributed by atoms with van der Waals surface area (Å²) >= 11 is 0. The van der Waals surface area contributed by atoms with Crippen LogP contribution in [0.4, 0.5) is 4.39 Å². The number of hydrogen-bond acceptors (Lipinski definition) is 5. The molecular formula is C15H23FN2O4S. The largest absolute Gasteiger partial charge is 0.490 e. The van der Waals surface area contributed by atoms with Gasteiger partial charge in [-0.25, -0.2) is 12.8 Å². The third-order valence-electron chi connectivity index (χ3n) is 4.04. The van der Waals surface area contributed by atoms with Crippen LogP contribution in [0.25, 0.3) is 0 Å². The monoisotopic (exact) mass is 346 g/mol. The normalized spacial score (nSPS) is 20.0. The molecule has 0 aliphatic carbocycles. The summed E-state index contributed by atoms with van der Waals surface area (Å²) in [7, 11) is -2.36. The first-order valence-electron chi connectivity index (χ1n) is 7.54. The molecule has 6 nitrogen and oxygen atoms in total. The van der Waals surface area contributed by atoms with E-state index in [0.717, 1.165) is 16.8 Å². The second kappa shape index (κ2) is 7.57. The van der Waals surface area contributed by atoms with Crippen molar-refractivity contribution in [3.63, 3.8) is 0 Å². The minimum Gasteiger partial charge on any atom is -0.490 e. The van der Waals surface area contributed by atoms with Crippen molar-refractivity contribution >= 4 is 10.0 Å². The summed E-state index contributed by atoms with van der Waals surface area (Å²) in [5, 5.41) is 0. The molecule has 0 spiro atoms. The van der Waals surface area contributed by atoms with E-state index in [2.05, 4.69) is 0 Å². The summed E-state index contributed by atoms with van der Waals surface area (Å²) in [6.07, 6.45) is 0.885. The maximum Gasteiger partial charge on any atom is 0.243 e. The summed E-state index contributed by atoms with van der Waals surface area (Å²) in [6.45, 7) is 3.53. The molecule has 0 aromatic heterocycles. The molecule has 1 aromatic carbocycles. The van der Waals surface area contributed by atoms with Gasteiger partial charge < -0.3 is 15.2 Å². The van der Waals surface area contributed by atoms with Crippen molar-refractivity contribution in [2.45, 2.75) is 24.3 Å². The highest BCUT2D eigenvalue weighted by molar-refractivity contribution is 7.89. The van der Waals surface area contributed by atoms with Crippen molar-refractivity contribution in [2.24, 2.45) is 11.7 Å². The summed E-state index contributed by atoms with van der Waals surface area (Å²) in [4.78, 5) is -0.116. The van der Waals surface area contributed by atoms with Crippen molar-refractivity contribution in [1.82, 2.24) is 4.31 Å². The van der Waals surface area contributed by atoms with Gasteiger partial charge in [0.05, 0.1) is 18.1 Å². The predicted molar refractivity (Wildman–Crippen MR) is 84.3 cm³/mol. The molecule has 0 bridgehead atoms. The SMILES string of the molecule is CC(CN)N(C)S(=O)(=O)c1ccc(OCC2CCOC2)c(F)c1. The number of rotatable bonds is 7. The maximum absolute atomic E-state index is 14.1. The zero-order chi connectivity index (χ0) is 17.0. The quantitative estimate of drug-likeness (QED) is 0.802. The van der Waals surface area contributed by atoms with Crippen LogP contribution < -0.4 is 10.5 Å². The molecule has 8 heteroatoms. The lowest BCUT2D eigenvalue weighted by Crippen LogP contribution is -2.39. The zero-order valence-electron chi connectivity index (χ0n) is 13.4. The van der Waals surface area contributed by atoms with Crippen molar-refractivity contribution in [3.8, 4) is 5.75 Å². The highest BCUT2D eigenvalue weighted by Gasteiger charge is 2.26. The van der Waals surface area contributed by atoms with Gasteiger partial charge in [0, 0.05) is 32.2 Å². The molecule has 1 aliphatic rings. The van der Waals surface area contributed by atoms with Crippen LogP contribution in [-0.2, 0) is 14.8 Å². The summed E-state index contributed by atoms with van der Waals surface area (Å²) < 4.78 is 50.8. The first-order valence-corrected chi connectivity index (χ1v) is 8.98. The highest BCUT2D eigenvalue weighted by Crippen LogP contribution is 2.25. The predicted octanol–water partition coefficient (Wildman–Crippen LogP) is 1.21. The van der Waals surface area contributed by atoms with E-state index in [1.165, 1.54) is 19.2 Å². The number of sulfonamides is 1. The highest BCUT2D eigenvalue weighted by atomic mass is 32.2. The summed E-state index contributed by atoms with van der Waals surface area (Å²) in [5.74, 6) is -0.404. The van der Waals surface area contributed by atoms with Crippen LogP contribution in [0.1, 0.15) is 13.3 Å². The van der Waals surface area contributed by atoms with Gasteiger partial charge in [-0.15, -0.1) is 0 Å². The van der Waals surface area contributed by atoms with E-state index in [1.54, 1.807) is 6.92 Å². The Bertz CT molecular complexity index is 632. The van der Waals surface area contributed by atoms with Gasteiger partial charge in [-0.1, -0.05) is 0 Å². The Hall–Kier alpha value is -1.22. The lowest BCUT2D eigenvalue weighted by Gasteiger charge is -2.23. The molecular weight excluding hydrogens is 323 g/mol. The molecule has 1 heterocycles. The fraction of sp³-hybridized carbons (Fsp3) is 0.600. The molecule has 23 heavy (non-hydrogen) atoms. The van der Waals surface area contributed by atoms with Gasteiger partial charge in [0.1, 0.15) is 0 Å². The topological polar surface area (TPSA) is 81.9 Å². The third kappa shape index (κ3) is 4.20. The molecule has 1 fully saturated rings. The molecule has 1 saturated heterocycles. The maximum atomic E-state index is 14.1. The van der Waals surface area contributed by atoms with Crippen molar-refractivity contribution in [3.05, 3.63) is 24.0 Å². The molecule has 130 valence electrons. The minimum atomic E-state index is -3.78. The van der Waals surface area contributed by atoms with Crippen LogP contribution in [0.2, 0.25) is 0 Å². The van der Waals surface area contributed by atoms with E-state index in [9.17, 15) is 12.8 Å². The molecule has 0 saturated carbocycles. The van der Waals surface area contributed by atoms with Crippen molar-refractivity contribution in [2.75, 3.05) is 33.4 Å². The Balaban J connectivity index is 2.11. The number of nitrogens with two attached hydrogens (primary N) is 1. The van der Waals surface area contributed by atoms with E-state index in [4.69, 9.17) is 15.2 Å². The molecule has 1 aromatic rings. The van der Waals surface area contributed by atoms with Gasteiger partial charge in [-0.3, -0.25) is 0 Å². The molecule has 2 N–H and O–H groups in total. The molecule has 2 atom stereocenters. The zero-order valence-corrected chi connectivity index (χ0v) is 14.2. The van der Waals surface area contributed by atoms with Crippen LogP contribution >= 0.6 is 0 Å².